The molecule has 10 heteroatoms. The SMILES string of the molecule is Cc1ccnc(OCc2cn(-c3ccc(Cl)c(OC(F)F)c3)nn2)n1. The number of nitrogens with zero attached hydrogens (tertiary/aromatic N) is 5. The molecule has 3 rings (SSSR count). The van der Waals surface area contributed by atoms with E-state index in [9.17, 15) is 8.78 Å². The van der Waals surface area contributed by atoms with Crippen molar-refractivity contribution in [1.29, 1.82) is 0 Å². The van der Waals surface area contributed by atoms with E-state index in [0.717, 1.165) is 5.69 Å². The summed E-state index contributed by atoms with van der Waals surface area (Å²) >= 11 is 5.83. The summed E-state index contributed by atoms with van der Waals surface area (Å²) in [6, 6.07) is 6.37. The highest BCUT2D eigenvalue weighted by molar-refractivity contribution is 6.32. The minimum absolute atomic E-state index is 0.0734. The number of halogens is 3. The van der Waals surface area contributed by atoms with Gasteiger partial charge >= 0.3 is 12.6 Å². The third-order valence-electron chi connectivity index (χ3n) is 3.06. The molecule has 3 aromatic rings. The van der Waals surface area contributed by atoms with Crippen LogP contribution >= 0.6 is 11.6 Å². The molecule has 0 atom stereocenters. The Balaban J connectivity index is 1.73. The Labute approximate surface area is 146 Å². The Bertz CT molecular complexity index is 875. The first-order valence-corrected chi connectivity index (χ1v) is 7.47. The molecular formula is C15H12ClF2N5O2. The van der Waals surface area contributed by atoms with Crippen LogP contribution in [0.15, 0.2) is 36.7 Å². The van der Waals surface area contributed by atoms with Gasteiger partial charge in [-0.25, -0.2) is 14.6 Å². The first kappa shape index (κ1) is 17.0. The van der Waals surface area contributed by atoms with Crippen molar-refractivity contribution in [2.45, 2.75) is 20.1 Å². The van der Waals surface area contributed by atoms with Gasteiger partial charge in [0.1, 0.15) is 18.1 Å². The number of alkyl halides is 2. The smallest absolute Gasteiger partial charge is 0.387 e. The number of benzene rings is 1. The third kappa shape index (κ3) is 4.38. The third-order valence-corrected chi connectivity index (χ3v) is 3.37. The molecular weight excluding hydrogens is 356 g/mol. The molecule has 2 heterocycles. The molecule has 25 heavy (non-hydrogen) atoms. The Morgan fingerprint density at radius 3 is 2.88 bits per heavy atom. The largest absolute Gasteiger partial charge is 0.457 e. The lowest BCUT2D eigenvalue weighted by Crippen LogP contribution is -2.03. The number of ether oxygens (including phenoxy) is 2. The molecule has 0 aliphatic heterocycles. The Morgan fingerprint density at radius 1 is 1.28 bits per heavy atom. The maximum Gasteiger partial charge on any atom is 0.387 e. The van der Waals surface area contributed by atoms with Gasteiger partial charge < -0.3 is 9.47 Å². The summed E-state index contributed by atoms with van der Waals surface area (Å²) < 4.78 is 36.0. The molecule has 0 unspecified atom stereocenters. The molecule has 0 aliphatic carbocycles. The second-order valence-corrected chi connectivity index (χ2v) is 5.32. The second-order valence-electron chi connectivity index (χ2n) is 4.92. The fourth-order valence-corrected chi connectivity index (χ4v) is 2.11. The number of aryl methyl sites for hydroxylation is 1. The van der Waals surface area contributed by atoms with Gasteiger partial charge in [0, 0.05) is 18.0 Å². The molecule has 0 N–H and O–H groups in total. The zero-order valence-corrected chi connectivity index (χ0v) is 13.7. The van der Waals surface area contributed by atoms with Crippen LogP contribution in [-0.2, 0) is 6.61 Å². The zero-order chi connectivity index (χ0) is 17.8. The van der Waals surface area contributed by atoms with Crippen molar-refractivity contribution in [2.24, 2.45) is 0 Å². The molecule has 0 radical (unpaired) electrons. The Hall–Kier alpha value is -2.81. The molecule has 0 saturated carbocycles. The molecule has 7 nitrogen and oxygen atoms in total. The van der Waals surface area contributed by atoms with E-state index >= 15 is 0 Å². The predicted molar refractivity (Wildman–Crippen MR) is 84.1 cm³/mol. The lowest BCUT2D eigenvalue weighted by Gasteiger charge is -2.08. The minimum atomic E-state index is -2.97. The number of aromatic nitrogens is 5. The number of hydrogen-bond donors (Lipinski definition) is 0. The number of hydrogen-bond acceptors (Lipinski definition) is 6. The highest BCUT2D eigenvalue weighted by atomic mass is 35.5. The monoisotopic (exact) mass is 367 g/mol. The molecule has 0 spiro atoms. The first-order valence-electron chi connectivity index (χ1n) is 7.09. The molecule has 0 aliphatic rings. The quantitative estimate of drug-likeness (QED) is 0.666. The van der Waals surface area contributed by atoms with Crippen LogP contribution in [0, 0.1) is 6.92 Å². The topological polar surface area (TPSA) is 75.0 Å². The van der Waals surface area contributed by atoms with Gasteiger partial charge in [0.2, 0.25) is 0 Å². The van der Waals surface area contributed by atoms with Gasteiger partial charge in [0.05, 0.1) is 16.9 Å². The molecule has 130 valence electrons. The number of rotatable bonds is 6. The standard InChI is InChI=1S/C15H12ClF2N5O2/c1-9-4-5-19-15(20-9)24-8-10-7-23(22-21-10)11-2-3-12(16)13(6-11)25-14(17)18/h2-7,14H,8H2,1H3. The van der Waals surface area contributed by atoms with E-state index in [2.05, 4.69) is 25.0 Å². The van der Waals surface area contributed by atoms with Crippen molar-refractivity contribution in [3.63, 3.8) is 0 Å². The summed E-state index contributed by atoms with van der Waals surface area (Å²) in [7, 11) is 0. The van der Waals surface area contributed by atoms with Crippen LogP contribution in [0.3, 0.4) is 0 Å². The molecule has 0 amide bonds. The van der Waals surface area contributed by atoms with E-state index in [4.69, 9.17) is 16.3 Å². The zero-order valence-electron chi connectivity index (χ0n) is 12.9. The van der Waals surface area contributed by atoms with Gasteiger partial charge in [-0.05, 0) is 25.1 Å². The lowest BCUT2D eigenvalue weighted by molar-refractivity contribution is -0.0497. The molecule has 0 bridgehead atoms. The van der Waals surface area contributed by atoms with Gasteiger partial charge in [-0.3, -0.25) is 0 Å². The van der Waals surface area contributed by atoms with E-state index < -0.39 is 6.61 Å². The minimum Gasteiger partial charge on any atom is -0.457 e. The summed E-state index contributed by atoms with van der Waals surface area (Å²) in [6.07, 6.45) is 3.18. The van der Waals surface area contributed by atoms with E-state index in [0.29, 0.717) is 11.4 Å². The maximum absolute atomic E-state index is 12.4. The van der Waals surface area contributed by atoms with Crippen molar-refractivity contribution in [3.05, 3.63) is 53.1 Å². The molecule has 0 fully saturated rings. The molecule has 0 saturated heterocycles. The van der Waals surface area contributed by atoms with Crippen LogP contribution in [-0.4, -0.2) is 31.6 Å². The van der Waals surface area contributed by atoms with E-state index in [1.165, 1.54) is 16.8 Å². The summed E-state index contributed by atoms with van der Waals surface area (Å²) in [4.78, 5) is 8.09. The van der Waals surface area contributed by atoms with Crippen molar-refractivity contribution < 1.29 is 18.3 Å². The average Bonchev–Trinajstić information content (AvgIpc) is 3.04. The van der Waals surface area contributed by atoms with Gasteiger partial charge in [0.15, 0.2) is 0 Å². The van der Waals surface area contributed by atoms with Crippen LogP contribution in [0.4, 0.5) is 8.78 Å². The molecule has 2 aromatic heterocycles. The van der Waals surface area contributed by atoms with E-state index in [1.54, 1.807) is 24.5 Å². The lowest BCUT2D eigenvalue weighted by atomic mass is 10.3. The van der Waals surface area contributed by atoms with Crippen molar-refractivity contribution in [3.8, 4) is 17.4 Å². The van der Waals surface area contributed by atoms with Crippen LogP contribution in [0.1, 0.15) is 11.4 Å². The highest BCUT2D eigenvalue weighted by Crippen LogP contribution is 2.28. The van der Waals surface area contributed by atoms with Crippen molar-refractivity contribution in [2.75, 3.05) is 0 Å². The fourth-order valence-electron chi connectivity index (χ4n) is 1.95. The fraction of sp³-hybridized carbons (Fsp3) is 0.200. The van der Waals surface area contributed by atoms with E-state index in [-0.39, 0.29) is 23.4 Å². The predicted octanol–water partition coefficient (Wildman–Crippen LogP) is 3.20. The first-order chi connectivity index (χ1) is 12.0. The van der Waals surface area contributed by atoms with Gasteiger partial charge in [-0.15, -0.1) is 5.10 Å². The second kappa shape index (κ2) is 7.39. The summed E-state index contributed by atoms with van der Waals surface area (Å²) in [5.41, 5.74) is 1.75. The van der Waals surface area contributed by atoms with Crippen LogP contribution in [0.5, 0.6) is 11.8 Å². The summed E-state index contributed by atoms with van der Waals surface area (Å²) in [6.45, 7) is -1.04. The van der Waals surface area contributed by atoms with Crippen LogP contribution in [0.2, 0.25) is 5.02 Å². The van der Waals surface area contributed by atoms with Gasteiger partial charge in [-0.1, -0.05) is 16.8 Å². The normalized spacial score (nSPS) is 10.9. The van der Waals surface area contributed by atoms with Crippen molar-refractivity contribution >= 4 is 11.6 Å². The van der Waals surface area contributed by atoms with Crippen LogP contribution in [0.25, 0.3) is 5.69 Å². The average molecular weight is 368 g/mol. The molecule has 1 aromatic carbocycles. The summed E-state index contributed by atoms with van der Waals surface area (Å²) in [5.74, 6) is -0.143. The van der Waals surface area contributed by atoms with Crippen molar-refractivity contribution in [1.82, 2.24) is 25.0 Å². The maximum atomic E-state index is 12.4. The van der Waals surface area contributed by atoms with E-state index in [1.807, 2.05) is 6.92 Å². The van der Waals surface area contributed by atoms with Gasteiger partial charge in [0.25, 0.3) is 0 Å². The van der Waals surface area contributed by atoms with Crippen LogP contribution < -0.4 is 9.47 Å². The van der Waals surface area contributed by atoms with Gasteiger partial charge in [-0.2, -0.15) is 8.78 Å². The Morgan fingerprint density at radius 2 is 2.12 bits per heavy atom. The Kier molecular flexibility index (Phi) is 5.03. The highest BCUT2D eigenvalue weighted by Gasteiger charge is 2.11. The summed E-state index contributed by atoms with van der Waals surface area (Å²) in [5, 5.41) is 7.95.